The SMILES string of the molecule is COC(=O)N[C@H](C(=O)N1C[C@@H](F)C[C@H]1C1=NC(=O)C2C=C(c3ccc(-c4ccc(-c5cnc([C@@H]6C[C@H](F)CN6C(=O)[C@@H](NC(=O)OC)C(C)C)[nH]5)cc4)c4c3CC3(CCCCC3)C4)C=CC2=N1)C(C)C. The summed E-state index contributed by atoms with van der Waals surface area (Å²) in [5, 5.41) is 5.17. The lowest BCUT2D eigenvalue weighted by Crippen LogP contribution is -2.54. The van der Waals surface area contributed by atoms with Gasteiger partial charge in [0, 0.05) is 12.8 Å². The van der Waals surface area contributed by atoms with Crippen LogP contribution in [0.4, 0.5) is 18.4 Å². The number of hydrogen-bond acceptors (Lipinski definition) is 9. The van der Waals surface area contributed by atoms with Gasteiger partial charge in [-0.05, 0) is 88.0 Å². The predicted molar refractivity (Wildman–Crippen MR) is 260 cm³/mol. The first-order chi connectivity index (χ1) is 33.6. The smallest absolute Gasteiger partial charge is 0.407 e. The molecule has 70 heavy (non-hydrogen) atoms. The van der Waals surface area contributed by atoms with Crippen molar-refractivity contribution in [1.29, 1.82) is 0 Å². The summed E-state index contributed by atoms with van der Waals surface area (Å²) in [4.78, 5) is 85.5. The summed E-state index contributed by atoms with van der Waals surface area (Å²) in [6, 6.07) is 9.25. The third kappa shape index (κ3) is 9.42. The third-order valence-electron chi connectivity index (χ3n) is 15.2. The van der Waals surface area contributed by atoms with Crippen LogP contribution >= 0.6 is 0 Å². The number of ether oxygens (including phenoxy) is 2. The molecule has 370 valence electrons. The van der Waals surface area contributed by atoms with Gasteiger partial charge < -0.3 is 34.9 Å². The fourth-order valence-corrected chi connectivity index (χ4v) is 11.5. The lowest BCUT2D eigenvalue weighted by molar-refractivity contribution is -0.136. The molecule has 1 aromatic heterocycles. The Labute approximate surface area is 406 Å². The molecule has 1 spiro atoms. The van der Waals surface area contributed by atoms with Crippen LogP contribution in [0.2, 0.25) is 0 Å². The van der Waals surface area contributed by atoms with Crippen molar-refractivity contribution < 1.29 is 42.2 Å². The number of methoxy groups -OCH3 is 2. The van der Waals surface area contributed by atoms with E-state index in [-0.39, 0.29) is 49.0 Å². The number of alkyl halides is 2. The lowest BCUT2D eigenvalue weighted by Gasteiger charge is -2.33. The van der Waals surface area contributed by atoms with E-state index in [2.05, 4.69) is 49.9 Å². The minimum atomic E-state index is -1.35. The van der Waals surface area contributed by atoms with Crippen molar-refractivity contribution in [2.24, 2.45) is 33.2 Å². The van der Waals surface area contributed by atoms with Crippen molar-refractivity contribution in [2.75, 3.05) is 27.3 Å². The summed E-state index contributed by atoms with van der Waals surface area (Å²) >= 11 is 0. The van der Waals surface area contributed by atoms with Crippen molar-refractivity contribution in [1.82, 2.24) is 30.4 Å². The Kier molecular flexibility index (Phi) is 13.7. The molecule has 3 fully saturated rings. The number of nitrogens with one attached hydrogen (secondary N) is 3. The highest BCUT2D eigenvalue weighted by Crippen LogP contribution is 2.52. The average molecular weight is 961 g/mol. The molecule has 0 bridgehead atoms. The van der Waals surface area contributed by atoms with E-state index in [0.717, 1.165) is 59.2 Å². The van der Waals surface area contributed by atoms with E-state index in [9.17, 15) is 28.4 Å². The number of imidazole rings is 1. The van der Waals surface area contributed by atoms with E-state index in [1.807, 2.05) is 44.2 Å². The first-order valence-corrected chi connectivity index (χ1v) is 24.6. The summed E-state index contributed by atoms with van der Waals surface area (Å²) in [6.45, 7) is 6.86. The van der Waals surface area contributed by atoms with Crippen molar-refractivity contribution >= 4 is 47.0 Å². The highest BCUT2D eigenvalue weighted by molar-refractivity contribution is 6.24. The number of fused-ring (bicyclic) bond motifs is 2. The minimum absolute atomic E-state index is 0.0658. The molecule has 2 saturated heterocycles. The zero-order valence-corrected chi connectivity index (χ0v) is 40.6. The van der Waals surface area contributed by atoms with Gasteiger partial charge in [0.05, 0.1) is 57.0 Å². The second-order valence-electron chi connectivity index (χ2n) is 20.5. The first kappa shape index (κ1) is 48.5. The Morgan fingerprint density at radius 1 is 0.743 bits per heavy atom. The van der Waals surface area contributed by atoms with Crippen LogP contribution in [0.1, 0.15) is 101 Å². The Balaban J connectivity index is 0.958. The maximum Gasteiger partial charge on any atom is 0.407 e. The van der Waals surface area contributed by atoms with E-state index < -0.39 is 72.3 Å². The van der Waals surface area contributed by atoms with E-state index in [1.165, 1.54) is 54.4 Å². The number of aromatic nitrogens is 2. The van der Waals surface area contributed by atoms with Crippen LogP contribution in [-0.4, -0.2) is 119 Å². The molecule has 7 atom stereocenters. The lowest BCUT2D eigenvalue weighted by atomic mass is 9.72. The summed E-state index contributed by atoms with van der Waals surface area (Å²) in [7, 11) is 2.44. The van der Waals surface area contributed by atoms with Gasteiger partial charge in [-0.25, -0.2) is 28.3 Å². The first-order valence-electron chi connectivity index (χ1n) is 24.6. The second kappa shape index (κ2) is 19.7. The zero-order chi connectivity index (χ0) is 49.6. The van der Waals surface area contributed by atoms with Gasteiger partial charge in [-0.3, -0.25) is 14.4 Å². The number of amidine groups is 1. The number of carbonyl (C=O) groups excluding carboxylic acids is 5. The summed E-state index contributed by atoms with van der Waals surface area (Å²) in [5.74, 6) is -2.07. The molecule has 15 nitrogen and oxygen atoms in total. The number of aromatic amines is 1. The molecule has 3 aliphatic carbocycles. The number of aliphatic imine (C=N–C) groups is 2. The van der Waals surface area contributed by atoms with E-state index in [0.29, 0.717) is 11.5 Å². The molecule has 17 heteroatoms. The molecule has 1 unspecified atom stereocenters. The van der Waals surface area contributed by atoms with Crippen molar-refractivity contribution in [3.8, 4) is 22.4 Å². The van der Waals surface area contributed by atoms with Gasteiger partial charge in [0.1, 0.15) is 36.2 Å². The normalized spacial score (nSPS) is 24.5. The Morgan fingerprint density at radius 2 is 1.30 bits per heavy atom. The molecule has 0 radical (unpaired) electrons. The van der Waals surface area contributed by atoms with Gasteiger partial charge in [-0.1, -0.05) is 95.5 Å². The van der Waals surface area contributed by atoms with Crippen LogP contribution in [-0.2, 0) is 36.7 Å². The molecule has 4 heterocycles. The molecule has 3 aromatic rings. The van der Waals surface area contributed by atoms with E-state index >= 15 is 4.39 Å². The largest absolute Gasteiger partial charge is 0.453 e. The molecule has 1 saturated carbocycles. The fraction of sp³-hybridized carbons (Fsp3) is 0.509. The molecule has 3 aliphatic heterocycles. The second-order valence-corrected chi connectivity index (χ2v) is 20.5. The Morgan fingerprint density at radius 3 is 1.90 bits per heavy atom. The van der Waals surface area contributed by atoms with Crippen LogP contribution in [0, 0.1) is 23.2 Å². The van der Waals surface area contributed by atoms with Crippen LogP contribution in [0.15, 0.2) is 70.8 Å². The van der Waals surface area contributed by atoms with Gasteiger partial charge >= 0.3 is 12.2 Å². The molecule has 6 aliphatic rings. The summed E-state index contributed by atoms with van der Waals surface area (Å²) in [6.07, 6.45) is 11.2. The summed E-state index contributed by atoms with van der Waals surface area (Å²) in [5.41, 5.74) is 9.03. The Hall–Kier alpha value is -6.52. The quantitative estimate of drug-likeness (QED) is 0.172. The Bertz CT molecular complexity index is 2680. The molecule has 2 aromatic carbocycles. The number of amides is 5. The van der Waals surface area contributed by atoms with Gasteiger partial charge in [-0.15, -0.1) is 0 Å². The number of carbonyl (C=O) groups is 5. The maximum atomic E-state index is 15.1. The number of alkyl carbamates (subject to hydrolysis) is 2. The number of likely N-dealkylation sites (tertiary alicyclic amines) is 2. The van der Waals surface area contributed by atoms with Crippen LogP contribution in [0.25, 0.3) is 28.0 Å². The van der Waals surface area contributed by atoms with Crippen molar-refractivity contribution in [3.05, 3.63) is 83.3 Å². The van der Waals surface area contributed by atoms with Crippen LogP contribution < -0.4 is 10.6 Å². The number of benzene rings is 2. The number of rotatable bonds is 11. The maximum absolute atomic E-state index is 15.1. The average Bonchev–Trinajstić information content (AvgIpc) is 4.17. The number of nitrogens with zero attached hydrogens (tertiary/aromatic N) is 5. The third-order valence-corrected chi connectivity index (χ3v) is 15.2. The fourth-order valence-electron chi connectivity index (χ4n) is 11.5. The van der Waals surface area contributed by atoms with Gasteiger partial charge in [0.15, 0.2) is 5.84 Å². The summed E-state index contributed by atoms with van der Waals surface area (Å²) < 4.78 is 39.5. The molecule has 5 amide bonds. The molecular formula is C53H62F2N8O7. The minimum Gasteiger partial charge on any atom is -0.453 e. The van der Waals surface area contributed by atoms with Crippen molar-refractivity contribution in [2.45, 2.75) is 122 Å². The topological polar surface area (TPSA) is 188 Å². The highest BCUT2D eigenvalue weighted by Gasteiger charge is 2.46. The number of allylic oxidation sites excluding steroid dienone is 3. The van der Waals surface area contributed by atoms with Crippen LogP contribution in [0.5, 0.6) is 0 Å². The van der Waals surface area contributed by atoms with Crippen molar-refractivity contribution in [3.63, 3.8) is 0 Å². The monoisotopic (exact) mass is 960 g/mol. The van der Waals surface area contributed by atoms with Gasteiger partial charge in [-0.2, -0.15) is 4.99 Å². The molecular weight excluding hydrogens is 899 g/mol. The molecule has 9 rings (SSSR count). The number of hydrogen-bond donors (Lipinski definition) is 3. The standard InChI is InChI=1S/C53H62F2N8O7/c1-28(2)44(59-51(67)69-5)49(65)62-26-33(54)21-42(62)46-56-25-41(58-46)31-12-10-30(11-13-31)35-15-16-36(39-24-53(23-38(35)39)18-8-7-9-19-53)32-14-17-40-37(20-32)48(64)61-47(57-40)43-22-34(55)27-63(43)50(66)45(29(3)4)60-52(68)70-6/h10-17,20,25,28-29,33-34,37,42-45H,7-9,18-19,21-24,26-27H2,1-6H3,(H,56,58)(H,59,67)(H,60,68)/t33-,34-,37?,42-,43-,44-,45-/m0/s1. The van der Waals surface area contributed by atoms with E-state index in [1.54, 1.807) is 20.0 Å². The number of H-pyrrole nitrogens is 1. The highest BCUT2D eigenvalue weighted by atomic mass is 19.1. The molecule has 3 N–H and O–H groups in total. The van der Waals surface area contributed by atoms with Gasteiger partial charge in [0.25, 0.3) is 5.91 Å². The number of halogens is 2. The van der Waals surface area contributed by atoms with Gasteiger partial charge in [0.2, 0.25) is 11.8 Å². The predicted octanol–water partition coefficient (Wildman–Crippen LogP) is 8.05. The van der Waals surface area contributed by atoms with E-state index in [4.69, 9.17) is 14.5 Å². The zero-order valence-electron chi connectivity index (χ0n) is 40.6. The van der Waals surface area contributed by atoms with Crippen LogP contribution in [0.3, 0.4) is 0 Å².